The van der Waals surface area contributed by atoms with Crippen LogP contribution in [-0.4, -0.2) is 11.5 Å². The Bertz CT molecular complexity index is 273. The van der Waals surface area contributed by atoms with Gasteiger partial charge >= 0.3 is 0 Å². The van der Waals surface area contributed by atoms with E-state index in [0.717, 1.165) is 11.1 Å². The van der Waals surface area contributed by atoms with Gasteiger partial charge in [0.25, 0.3) is 0 Å². The van der Waals surface area contributed by atoms with E-state index in [0.29, 0.717) is 17.6 Å². The number of nitrogens with zero attached hydrogens (tertiary/aromatic N) is 1. The molecule has 2 nitrogen and oxygen atoms in total. The van der Waals surface area contributed by atoms with Gasteiger partial charge in [0.1, 0.15) is 5.15 Å². The van der Waals surface area contributed by atoms with Gasteiger partial charge in [-0.15, -0.1) is 0 Å². The Kier molecular flexibility index (Phi) is 3.06. The van der Waals surface area contributed by atoms with E-state index < -0.39 is 0 Å². The summed E-state index contributed by atoms with van der Waals surface area (Å²) in [7, 11) is 0. The fraction of sp³-hybridized carbons (Fsp3) is 0.444. The molecule has 2 N–H and O–H groups in total. The van der Waals surface area contributed by atoms with Crippen molar-refractivity contribution in [2.24, 2.45) is 5.73 Å². The lowest BCUT2D eigenvalue weighted by Gasteiger charge is -2.09. The molecule has 0 saturated carbocycles. The van der Waals surface area contributed by atoms with Gasteiger partial charge in [-0.3, -0.25) is 0 Å². The van der Waals surface area contributed by atoms with Crippen LogP contribution in [0.5, 0.6) is 0 Å². The lowest BCUT2D eigenvalue weighted by Crippen LogP contribution is -2.09. The van der Waals surface area contributed by atoms with E-state index in [1.165, 1.54) is 0 Å². The van der Waals surface area contributed by atoms with Crippen LogP contribution in [0.25, 0.3) is 0 Å². The maximum Gasteiger partial charge on any atom is 0.131 e. The van der Waals surface area contributed by atoms with Gasteiger partial charge in [-0.2, -0.15) is 0 Å². The van der Waals surface area contributed by atoms with Crippen LogP contribution in [0.2, 0.25) is 5.15 Å². The number of hydrogen-bond donors (Lipinski definition) is 1. The molecule has 0 spiro atoms. The van der Waals surface area contributed by atoms with Gasteiger partial charge in [0, 0.05) is 6.20 Å². The number of hydrogen-bond acceptors (Lipinski definition) is 2. The minimum Gasteiger partial charge on any atom is -0.330 e. The Hall–Kier alpha value is -0.600. The fourth-order valence-electron chi connectivity index (χ4n) is 0.985. The predicted octanol–water partition coefficient (Wildman–Crippen LogP) is 2.11. The summed E-state index contributed by atoms with van der Waals surface area (Å²) in [5.74, 6) is 0.355. The van der Waals surface area contributed by atoms with Crippen molar-refractivity contribution < 1.29 is 0 Å². The van der Waals surface area contributed by atoms with E-state index in [9.17, 15) is 0 Å². The van der Waals surface area contributed by atoms with E-state index in [4.69, 9.17) is 17.3 Å². The third-order valence-corrected chi connectivity index (χ3v) is 2.35. The van der Waals surface area contributed by atoms with Crippen LogP contribution in [-0.2, 0) is 0 Å². The first-order chi connectivity index (χ1) is 5.65. The molecule has 0 aromatic carbocycles. The summed E-state index contributed by atoms with van der Waals surface area (Å²) in [6.07, 6.45) is 1.78. The van der Waals surface area contributed by atoms with Crippen LogP contribution < -0.4 is 5.73 Å². The van der Waals surface area contributed by atoms with E-state index in [-0.39, 0.29) is 0 Å². The maximum absolute atomic E-state index is 5.79. The first-order valence-electron chi connectivity index (χ1n) is 3.97. The molecule has 66 valence electrons. The normalized spacial score (nSPS) is 13.0. The third-order valence-electron chi connectivity index (χ3n) is 1.96. The molecule has 0 bridgehead atoms. The number of aryl methyl sites for hydroxylation is 1. The molecule has 0 fully saturated rings. The molecule has 0 aliphatic heterocycles. The zero-order valence-corrected chi connectivity index (χ0v) is 8.10. The molecule has 0 aliphatic carbocycles. The molecule has 0 amide bonds. The van der Waals surface area contributed by atoms with E-state index in [1.54, 1.807) is 6.20 Å². The second-order valence-corrected chi connectivity index (χ2v) is 3.37. The van der Waals surface area contributed by atoms with Crippen molar-refractivity contribution in [3.05, 3.63) is 28.5 Å². The molecule has 1 atom stereocenters. The first kappa shape index (κ1) is 9.49. The van der Waals surface area contributed by atoms with Gasteiger partial charge in [-0.25, -0.2) is 4.98 Å². The average molecular weight is 185 g/mol. The standard InChI is InChI=1S/C9H13ClN2/c1-6-3-8(7(2)4-11)5-12-9(6)10/h3,5,7H,4,11H2,1-2H3. The quantitative estimate of drug-likeness (QED) is 0.716. The lowest BCUT2D eigenvalue weighted by molar-refractivity contribution is 0.768. The topological polar surface area (TPSA) is 38.9 Å². The molecule has 1 unspecified atom stereocenters. The van der Waals surface area contributed by atoms with Crippen molar-refractivity contribution in [1.82, 2.24) is 4.98 Å². The molecular formula is C9H13ClN2. The van der Waals surface area contributed by atoms with Crippen LogP contribution in [0, 0.1) is 6.92 Å². The Balaban J connectivity index is 2.96. The minimum absolute atomic E-state index is 0.355. The highest BCUT2D eigenvalue weighted by Crippen LogP contribution is 2.18. The summed E-state index contributed by atoms with van der Waals surface area (Å²) in [6, 6.07) is 2.03. The van der Waals surface area contributed by atoms with E-state index in [2.05, 4.69) is 11.9 Å². The maximum atomic E-state index is 5.79. The molecule has 1 heterocycles. The molecule has 0 aliphatic rings. The van der Waals surface area contributed by atoms with Gasteiger partial charge in [0.15, 0.2) is 0 Å². The Labute approximate surface area is 77.8 Å². The van der Waals surface area contributed by atoms with Crippen molar-refractivity contribution >= 4 is 11.6 Å². The highest BCUT2D eigenvalue weighted by atomic mass is 35.5. The van der Waals surface area contributed by atoms with Gasteiger partial charge in [-0.1, -0.05) is 24.6 Å². The molecule has 12 heavy (non-hydrogen) atoms. The average Bonchev–Trinajstić information content (AvgIpc) is 2.08. The summed E-state index contributed by atoms with van der Waals surface area (Å²) in [4.78, 5) is 4.06. The minimum atomic E-state index is 0.355. The fourth-order valence-corrected chi connectivity index (χ4v) is 1.09. The summed E-state index contributed by atoms with van der Waals surface area (Å²) in [6.45, 7) is 4.66. The van der Waals surface area contributed by atoms with Crippen molar-refractivity contribution in [1.29, 1.82) is 0 Å². The zero-order valence-electron chi connectivity index (χ0n) is 7.34. The van der Waals surface area contributed by atoms with Crippen LogP contribution in [0.3, 0.4) is 0 Å². The number of rotatable bonds is 2. The molecule has 1 rings (SSSR count). The van der Waals surface area contributed by atoms with Gasteiger partial charge in [0.05, 0.1) is 0 Å². The second kappa shape index (κ2) is 3.87. The Morgan fingerprint density at radius 2 is 2.33 bits per heavy atom. The van der Waals surface area contributed by atoms with Gasteiger partial charge in [0.2, 0.25) is 0 Å². The summed E-state index contributed by atoms with van der Waals surface area (Å²) >= 11 is 5.79. The van der Waals surface area contributed by atoms with Crippen molar-refractivity contribution in [3.63, 3.8) is 0 Å². The zero-order chi connectivity index (χ0) is 9.14. The molecular weight excluding hydrogens is 172 g/mol. The summed E-state index contributed by atoms with van der Waals surface area (Å²) in [5, 5.41) is 0.572. The van der Waals surface area contributed by atoms with Crippen molar-refractivity contribution in [2.45, 2.75) is 19.8 Å². The smallest absolute Gasteiger partial charge is 0.131 e. The second-order valence-electron chi connectivity index (χ2n) is 3.01. The van der Waals surface area contributed by atoms with E-state index in [1.807, 2.05) is 13.0 Å². The first-order valence-corrected chi connectivity index (χ1v) is 4.35. The summed E-state index contributed by atoms with van der Waals surface area (Å²) in [5.41, 5.74) is 7.69. The highest BCUT2D eigenvalue weighted by Gasteiger charge is 2.04. The lowest BCUT2D eigenvalue weighted by atomic mass is 10.0. The SMILES string of the molecule is Cc1cc(C(C)CN)cnc1Cl. The largest absolute Gasteiger partial charge is 0.330 e. The van der Waals surface area contributed by atoms with Crippen LogP contribution >= 0.6 is 11.6 Å². The highest BCUT2D eigenvalue weighted by molar-refractivity contribution is 6.30. The Morgan fingerprint density at radius 3 is 2.83 bits per heavy atom. The monoisotopic (exact) mass is 184 g/mol. The molecule has 1 aromatic heterocycles. The van der Waals surface area contributed by atoms with Gasteiger partial charge < -0.3 is 5.73 Å². The van der Waals surface area contributed by atoms with Crippen molar-refractivity contribution in [2.75, 3.05) is 6.54 Å². The van der Waals surface area contributed by atoms with Gasteiger partial charge in [-0.05, 0) is 30.5 Å². The third kappa shape index (κ3) is 1.96. The van der Waals surface area contributed by atoms with Crippen LogP contribution in [0.4, 0.5) is 0 Å². The van der Waals surface area contributed by atoms with Crippen LogP contribution in [0.15, 0.2) is 12.3 Å². The Morgan fingerprint density at radius 1 is 1.67 bits per heavy atom. The molecule has 1 aromatic rings. The van der Waals surface area contributed by atoms with Crippen LogP contribution in [0.1, 0.15) is 24.0 Å². The number of halogens is 1. The predicted molar refractivity (Wildman–Crippen MR) is 51.5 cm³/mol. The molecule has 0 saturated heterocycles. The molecule has 3 heteroatoms. The number of pyridine rings is 1. The van der Waals surface area contributed by atoms with Crippen molar-refractivity contribution in [3.8, 4) is 0 Å². The number of nitrogens with two attached hydrogens (primary N) is 1. The number of aromatic nitrogens is 1. The molecule has 0 radical (unpaired) electrons. The van der Waals surface area contributed by atoms with E-state index >= 15 is 0 Å². The summed E-state index contributed by atoms with van der Waals surface area (Å²) < 4.78 is 0.